The van der Waals surface area contributed by atoms with Crippen LogP contribution >= 0.6 is 11.8 Å². The standard InChI is InChI=1S/C15H12F3N3OS/c1-2-5-23-12-6-11(4-3-10(12)8-19)21-9-20-13(7-14(21)22)15(16,17)18/h3-4,6-7,9H,2,5H2,1H3. The summed E-state index contributed by atoms with van der Waals surface area (Å²) in [7, 11) is 0. The highest BCUT2D eigenvalue weighted by atomic mass is 32.2. The van der Waals surface area contributed by atoms with Gasteiger partial charge in [0.1, 0.15) is 12.4 Å². The van der Waals surface area contributed by atoms with Gasteiger partial charge in [0.2, 0.25) is 0 Å². The van der Waals surface area contributed by atoms with Gasteiger partial charge in [-0.3, -0.25) is 9.36 Å². The Balaban J connectivity index is 2.47. The maximum atomic E-state index is 12.6. The van der Waals surface area contributed by atoms with Gasteiger partial charge in [0.25, 0.3) is 5.56 Å². The number of hydrogen-bond donors (Lipinski definition) is 0. The number of alkyl halides is 3. The van der Waals surface area contributed by atoms with Crippen LogP contribution in [0.4, 0.5) is 13.2 Å². The second kappa shape index (κ2) is 6.87. The quantitative estimate of drug-likeness (QED) is 0.798. The van der Waals surface area contributed by atoms with E-state index < -0.39 is 17.4 Å². The van der Waals surface area contributed by atoms with E-state index in [-0.39, 0.29) is 0 Å². The fourth-order valence-corrected chi connectivity index (χ4v) is 2.73. The molecule has 0 unspecified atom stereocenters. The molecule has 23 heavy (non-hydrogen) atoms. The zero-order valence-electron chi connectivity index (χ0n) is 12.1. The van der Waals surface area contributed by atoms with Crippen LogP contribution in [0.5, 0.6) is 0 Å². The Morgan fingerprint density at radius 1 is 1.35 bits per heavy atom. The fourth-order valence-electron chi connectivity index (χ4n) is 1.83. The van der Waals surface area contributed by atoms with Crippen LogP contribution in [0.1, 0.15) is 24.6 Å². The molecule has 1 aromatic heterocycles. The Kier molecular flexibility index (Phi) is 5.11. The van der Waals surface area contributed by atoms with E-state index >= 15 is 0 Å². The number of nitriles is 1. The first kappa shape index (κ1) is 17.1. The normalized spacial score (nSPS) is 11.3. The second-order valence-electron chi connectivity index (χ2n) is 4.62. The topological polar surface area (TPSA) is 58.7 Å². The van der Waals surface area contributed by atoms with Crippen molar-refractivity contribution in [3.63, 3.8) is 0 Å². The van der Waals surface area contributed by atoms with Crippen LogP contribution in [0.25, 0.3) is 5.69 Å². The molecule has 120 valence electrons. The number of benzene rings is 1. The van der Waals surface area contributed by atoms with Crippen molar-refractivity contribution >= 4 is 11.8 Å². The van der Waals surface area contributed by atoms with Crippen LogP contribution in [0, 0.1) is 11.3 Å². The van der Waals surface area contributed by atoms with Crippen molar-refractivity contribution in [3.8, 4) is 11.8 Å². The van der Waals surface area contributed by atoms with Crippen LogP contribution in [-0.4, -0.2) is 15.3 Å². The highest BCUT2D eigenvalue weighted by Crippen LogP contribution is 2.27. The van der Waals surface area contributed by atoms with Crippen molar-refractivity contribution in [3.05, 3.63) is 52.2 Å². The molecule has 4 nitrogen and oxygen atoms in total. The number of halogens is 3. The zero-order chi connectivity index (χ0) is 17.0. The molecule has 1 aromatic carbocycles. The molecule has 0 fully saturated rings. The van der Waals surface area contributed by atoms with E-state index in [2.05, 4.69) is 11.1 Å². The molecule has 0 aliphatic rings. The Bertz CT molecular complexity index is 809. The molecule has 0 amide bonds. The lowest BCUT2D eigenvalue weighted by atomic mass is 10.2. The SMILES string of the molecule is CCCSc1cc(-n2cnc(C(F)(F)F)cc2=O)ccc1C#N. The molecular formula is C15H12F3N3OS. The van der Waals surface area contributed by atoms with E-state index in [1.54, 1.807) is 6.07 Å². The monoisotopic (exact) mass is 339 g/mol. The number of nitrogens with zero attached hydrogens (tertiary/aromatic N) is 3. The summed E-state index contributed by atoms with van der Waals surface area (Å²) in [4.78, 5) is 15.9. The summed E-state index contributed by atoms with van der Waals surface area (Å²) >= 11 is 1.46. The Morgan fingerprint density at radius 3 is 2.65 bits per heavy atom. The third kappa shape index (κ3) is 3.93. The highest BCUT2D eigenvalue weighted by molar-refractivity contribution is 7.99. The molecule has 0 bridgehead atoms. The molecule has 0 saturated carbocycles. The average Bonchev–Trinajstić information content (AvgIpc) is 2.51. The lowest BCUT2D eigenvalue weighted by molar-refractivity contribution is -0.141. The highest BCUT2D eigenvalue weighted by Gasteiger charge is 2.33. The predicted octanol–water partition coefficient (Wildman–Crippen LogP) is 3.63. The molecule has 8 heteroatoms. The van der Waals surface area contributed by atoms with Gasteiger partial charge in [-0.2, -0.15) is 18.4 Å². The van der Waals surface area contributed by atoms with Gasteiger partial charge in [-0.1, -0.05) is 6.92 Å². The molecule has 0 aliphatic heterocycles. The van der Waals surface area contributed by atoms with E-state index in [9.17, 15) is 18.0 Å². The van der Waals surface area contributed by atoms with Crippen molar-refractivity contribution in [1.82, 2.24) is 9.55 Å². The molecule has 0 spiro atoms. The fraction of sp³-hybridized carbons (Fsp3) is 0.267. The lowest BCUT2D eigenvalue weighted by Gasteiger charge is -2.10. The molecule has 0 saturated heterocycles. The summed E-state index contributed by atoms with van der Waals surface area (Å²) in [6.45, 7) is 1.99. The minimum absolute atomic E-state index is 0.369. The minimum atomic E-state index is -4.66. The maximum absolute atomic E-state index is 12.6. The summed E-state index contributed by atoms with van der Waals surface area (Å²) in [6.07, 6.45) is -2.91. The Labute approximate surface area is 134 Å². The average molecular weight is 339 g/mol. The van der Waals surface area contributed by atoms with Gasteiger partial charge in [-0.05, 0) is 30.4 Å². The predicted molar refractivity (Wildman–Crippen MR) is 80.6 cm³/mol. The third-order valence-corrected chi connectivity index (χ3v) is 4.19. The van der Waals surface area contributed by atoms with E-state index in [1.165, 1.54) is 23.9 Å². The number of hydrogen-bond acceptors (Lipinski definition) is 4. The summed E-state index contributed by atoms with van der Waals surface area (Å²) < 4.78 is 38.7. The summed E-state index contributed by atoms with van der Waals surface area (Å²) in [5.41, 5.74) is -1.23. The van der Waals surface area contributed by atoms with Crippen molar-refractivity contribution < 1.29 is 13.2 Å². The zero-order valence-corrected chi connectivity index (χ0v) is 12.9. The van der Waals surface area contributed by atoms with E-state index in [0.717, 1.165) is 23.1 Å². The first-order valence-electron chi connectivity index (χ1n) is 6.70. The maximum Gasteiger partial charge on any atom is 0.433 e. The van der Waals surface area contributed by atoms with Crippen molar-refractivity contribution in [2.45, 2.75) is 24.4 Å². The Morgan fingerprint density at radius 2 is 2.09 bits per heavy atom. The smallest absolute Gasteiger partial charge is 0.269 e. The second-order valence-corrected chi connectivity index (χ2v) is 5.76. The largest absolute Gasteiger partial charge is 0.433 e. The molecule has 2 aromatic rings. The lowest BCUT2D eigenvalue weighted by Crippen LogP contribution is -2.22. The first-order chi connectivity index (χ1) is 10.9. The summed E-state index contributed by atoms with van der Waals surface area (Å²) in [6, 6.07) is 7.16. The number of aromatic nitrogens is 2. The molecule has 0 N–H and O–H groups in total. The third-order valence-electron chi connectivity index (χ3n) is 2.93. The number of rotatable bonds is 4. The summed E-state index contributed by atoms with van der Waals surface area (Å²) in [5, 5.41) is 9.09. The number of thioether (sulfide) groups is 1. The molecule has 0 atom stereocenters. The minimum Gasteiger partial charge on any atom is -0.269 e. The van der Waals surface area contributed by atoms with E-state index in [0.29, 0.717) is 22.2 Å². The van der Waals surface area contributed by atoms with Gasteiger partial charge in [-0.25, -0.2) is 4.98 Å². The molecule has 1 heterocycles. The van der Waals surface area contributed by atoms with Crippen LogP contribution in [-0.2, 0) is 6.18 Å². The van der Waals surface area contributed by atoms with E-state index in [1.807, 2.05) is 6.92 Å². The van der Waals surface area contributed by atoms with Gasteiger partial charge < -0.3 is 0 Å². The Hall–Kier alpha value is -2.27. The molecule has 0 radical (unpaired) electrons. The molecular weight excluding hydrogens is 327 g/mol. The van der Waals surface area contributed by atoms with Crippen LogP contribution in [0.3, 0.4) is 0 Å². The van der Waals surface area contributed by atoms with Gasteiger partial charge in [0, 0.05) is 11.0 Å². The first-order valence-corrected chi connectivity index (χ1v) is 7.68. The van der Waals surface area contributed by atoms with Crippen molar-refractivity contribution in [2.24, 2.45) is 0 Å². The van der Waals surface area contributed by atoms with Crippen LogP contribution in [0.2, 0.25) is 0 Å². The molecule has 2 rings (SSSR count). The summed E-state index contributed by atoms with van der Waals surface area (Å²) in [5.74, 6) is 0.790. The van der Waals surface area contributed by atoms with Gasteiger partial charge in [0.05, 0.1) is 11.3 Å². The van der Waals surface area contributed by atoms with Crippen LogP contribution in [0.15, 0.2) is 40.3 Å². The van der Waals surface area contributed by atoms with Crippen LogP contribution < -0.4 is 5.56 Å². The van der Waals surface area contributed by atoms with Gasteiger partial charge in [0.15, 0.2) is 5.69 Å². The van der Waals surface area contributed by atoms with Gasteiger partial charge >= 0.3 is 6.18 Å². The van der Waals surface area contributed by atoms with Crippen molar-refractivity contribution in [2.75, 3.05) is 5.75 Å². The molecule has 0 aliphatic carbocycles. The van der Waals surface area contributed by atoms with Crippen molar-refractivity contribution in [1.29, 1.82) is 5.26 Å². The van der Waals surface area contributed by atoms with E-state index in [4.69, 9.17) is 5.26 Å². The van der Waals surface area contributed by atoms with Gasteiger partial charge in [-0.15, -0.1) is 11.8 Å².